The standard InChI is InChI=1S/C17H30N4O3/c1-11(8-16-14(4)20-24-15(16)5)19-17(22)18-9-12(2)21-6-7-23-10-13(21)3/h11-13H,6-10H2,1-5H3,(H2,18,19,22). The van der Waals surface area contributed by atoms with Crippen LogP contribution in [-0.4, -0.2) is 60.5 Å². The third-order valence-electron chi connectivity index (χ3n) is 4.61. The van der Waals surface area contributed by atoms with Crippen LogP contribution >= 0.6 is 0 Å². The summed E-state index contributed by atoms with van der Waals surface area (Å²) in [4.78, 5) is 14.5. The van der Waals surface area contributed by atoms with Crippen LogP contribution in [-0.2, 0) is 11.2 Å². The molecular formula is C17H30N4O3. The third kappa shape index (κ3) is 4.95. The largest absolute Gasteiger partial charge is 0.379 e. The number of carbonyl (C=O) groups is 1. The molecule has 2 N–H and O–H groups in total. The summed E-state index contributed by atoms with van der Waals surface area (Å²) >= 11 is 0. The zero-order valence-corrected chi connectivity index (χ0v) is 15.4. The van der Waals surface area contributed by atoms with Crippen LogP contribution in [0.15, 0.2) is 4.52 Å². The molecule has 1 aliphatic heterocycles. The van der Waals surface area contributed by atoms with Gasteiger partial charge in [0, 0.05) is 36.8 Å². The highest BCUT2D eigenvalue weighted by Crippen LogP contribution is 2.14. The maximum absolute atomic E-state index is 12.1. The fourth-order valence-corrected chi connectivity index (χ4v) is 3.18. The summed E-state index contributed by atoms with van der Waals surface area (Å²) in [6, 6.07) is 0.547. The van der Waals surface area contributed by atoms with E-state index in [9.17, 15) is 4.79 Å². The van der Waals surface area contributed by atoms with E-state index in [0.29, 0.717) is 19.0 Å². The number of aryl methyl sites for hydroxylation is 2. The van der Waals surface area contributed by atoms with Gasteiger partial charge in [0.15, 0.2) is 0 Å². The lowest BCUT2D eigenvalue weighted by molar-refractivity contribution is -0.0176. The molecule has 2 amide bonds. The van der Waals surface area contributed by atoms with E-state index in [1.54, 1.807) is 0 Å². The van der Waals surface area contributed by atoms with Crippen molar-refractivity contribution in [3.05, 3.63) is 17.0 Å². The number of hydrogen-bond acceptors (Lipinski definition) is 5. The summed E-state index contributed by atoms with van der Waals surface area (Å²) in [5, 5.41) is 9.90. The number of urea groups is 1. The van der Waals surface area contributed by atoms with Crippen LogP contribution < -0.4 is 10.6 Å². The lowest BCUT2D eigenvalue weighted by atomic mass is 10.1. The first-order chi connectivity index (χ1) is 11.4. The van der Waals surface area contributed by atoms with Crippen LogP contribution in [0.4, 0.5) is 4.79 Å². The summed E-state index contributed by atoms with van der Waals surface area (Å²) in [7, 11) is 0. The lowest BCUT2D eigenvalue weighted by Gasteiger charge is -2.37. The Morgan fingerprint density at radius 1 is 1.42 bits per heavy atom. The maximum atomic E-state index is 12.1. The minimum atomic E-state index is -0.137. The monoisotopic (exact) mass is 338 g/mol. The molecule has 3 atom stereocenters. The Hall–Kier alpha value is -1.60. The van der Waals surface area contributed by atoms with Gasteiger partial charge in [-0.2, -0.15) is 0 Å². The van der Waals surface area contributed by atoms with Gasteiger partial charge < -0.3 is 19.9 Å². The van der Waals surface area contributed by atoms with E-state index in [2.05, 4.69) is 34.5 Å². The highest BCUT2D eigenvalue weighted by atomic mass is 16.5. The van der Waals surface area contributed by atoms with Crippen LogP contribution in [0.5, 0.6) is 0 Å². The van der Waals surface area contributed by atoms with Crippen LogP contribution in [0.3, 0.4) is 0 Å². The molecule has 0 radical (unpaired) electrons. The molecule has 2 rings (SSSR count). The topological polar surface area (TPSA) is 79.6 Å². The molecule has 1 saturated heterocycles. The SMILES string of the molecule is Cc1noc(C)c1CC(C)NC(=O)NCC(C)N1CCOCC1C. The first-order valence-corrected chi connectivity index (χ1v) is 8.68. The van der Waals surface area contributed by atoms with Gasteiger partial charge in [0.05, 0.1) is 18.9 Å². The quantitative estimate of drug-likeness (QED) is 0.824. The van der Waals surface area contributed by atoms with Crippen LogP contribution in [0.25, 0.3) is 0 Å². The Kier molecular flexibility index (Phi) is 6.62. The minimum absolute atomic E-state index is 0.0133. The molecule has 7 nitrogen and oxygen atoms in total. The van der Waals surface area contributed by atoms with Crippen LogP contribution in [0, 0.1) is 13.8 Å². The zero-order valence-electron chi connectivity index (χ0n) is 15.4. The van der Waals surface area contributed by atoms with Gasteiger partial charge in [0.2, 0.25) is 0 Å². The predicted molar refractivity (Wildman–Crippen MR) is 92.1 cm³/mol. The second-order valence-corrected chi connectivity index (χ2v) is 6.77. The Morgan fingerprint density at radius 3 is 2.79 bits per heavy atom. The van der Waals surface area contributed by atoms with Gasteiger partial charge in [-0.15, -0.1) is 0 Å². The van der Waals surface area contributed by atoms with E-state index in [-0.39, 0.29) is 18.1 Å². The Labute approximate surface area is 144 Å². The Balaban J connectivity index is 1.74. The van der Waals surface area contributed by atoms with Crippen molar-refractivity contribution in [2.45, 2.75) is 59.2 Å². The lowest BCUT2D eigenvalue weighted by Crippen LogP contribution is -2.53. The van der Waals surface area contributed by atoms with Crippen molar-refractivity contribution in [1.29, 1.82) is 0 Å². The maximum Gasteiger partial charge on any atom is 0.315 e. The molecule has 0 bridgehead atoms. The summed E-state index contributed by atoms with van der Waals surface area (Å²) in [5.41, 5.74) is 1.95. The molecule has 1 fully saturated rings. The molecule has 24 heavy (non-hydrogen) atoms. The van der Waals surface area contributed by atoms with Gasteiger partial charge in [-0.1, -0.05) is 5.16 Å². The Bertz CT molecular complexity index is 526. The summed E-state index contributed by atoms with van der Waals surface area (Å²) in [6.45, 7) is 13.1. The number of nitrogens with zero attached hydrogens (tertiary/aromatic N) is 2. The number of ether oxygens (including phenoxy) is 1. The second-order valence-electron chi connectivity index (χ2n) is 6.77. The smallest absolute Gasteiger partial charge is 0.315 e. The molecule has 0 spiro atoms. The van der Waals surface area contributed by atoms with Crippen molar-refractivity contribution in [3.8, 4) is 0 Å². The van der Waals surface area contributed by atoms with Crippen LogP contribution in [0.1, 0.15) is 37.8 Å². The van der Waals surface area contributed by atoms with Gasteiger partial charge in [0.25, 0.3) is 0 Å². The zero-order chi connectivity index (χ0) is 17.7. The Morgan fingerprint density at radius 2 is 2.17 bits per heavy atom. The molecule has 1 aromatic rings. The normalized spacial score (nSPS) is 21.3. The molecule has 3 unspecified atom stereocenters. The summed E-state index contributed by atoms with van der Waals surface area (Å²) in [5.74, 6) is 0.816. The summed E-state index contributed by atoms with van der Waals surface area (Å²) < 4.78 is 10.6. The molecule has 1 aliphatic rings. The molecule has 2 heterocycles. The molecule has 7 heteroatoms. The van der Waals surface area contributed by atoms with E-state index in [1.165, 1.54) is 0 Å². The van der Waals surface area contributed by atoms with Gasteiger partial charge in [-0.25, -0.2) is 4.79 Å². The summed E-state index contributed by atoms with van der Waals surface area (Å²) in [6.07, 6.45) is 0.713. The van der Waals surface area contributed by atoms with E-state index >= 15 is 0 Å². The second kappa shape index (κ2) is 8.48. The first kappa shape index (κ1) is 18.7. The van der Waals surface area contributed by atoms with E-state index in [4.69, 9.17) is 9.26 Å². The highest BCUT2D eigenvalue weighted by molar-refractivity contribution is 5.74. The average Bonchev–Trinajstić information content (AvgIpc) is 2.85. The fourth-order valence-electron chi connectivity index (χ4n) is 3.18. The number of rotatable bonds is 6. The van der Waals surface area contributed by atoms with Crippen molar-refractivity contribution in [1.82, 2.24) is 20.7 Å². The highest BCUT2D eigenvalue weighted by Gasteiger charge is 2.24. The van der Waals surface area contributed by atoms with Crippen molar-refractivity contribution >= 4 is 6.03 Å². The fraction of sp³-hybridized carbons (Fsp3) is 0.765. The molecular weight excluding hydrogens is 308 g/mol. The van der Waals surface area contributed by atoms with E-state index in [1.807, 2.05) is 20.8 Å². The van der Waals surface area contributed by atoms with Gasteiger partial charge in [-0.3, -0.25) is 4.90 Å². The third-order valence-corrected chi connectivity index (χ3v) is 4.61. The molecule has 136 valence electrons. The number of hydrogen-bond donors (Lipinski definition) is 2. The average molecular weight is 338 g/mol. The first-order valence-electron chi connectivity index (χ1n) is 8.68. The van der Waals surface area contributed by atoms with Gasteiger partial charge in [-0.05, 0) is 41.0 Å². The number of nitrogens with one attached hydrogen (secondary N) is 2. The molecule has 0 aliphatic carbocycles. The van der Waals surface area contributed by atoms with Crippen molar-refractivity contribution in [3.63, 3.8) is 0 Å². The van der Waals surface area contributed by atoms with Gasteiger partial charge >= 0.3 is 6.03 Å². The minimum Gasteiger partial charge on any atom is -0.379 e. The predicted octanol–water partition coefficient (Wildman–Crippen LogP) is 1.63. The molecule has 0 saturated carbocycles. The molecule has 1 aromatic heterocycles. The van der Waals surface area contributed by atoms with E-state index < -0.39 is 0 Å². The van der Waals surface area contributed by atoms with Crippen molar-refractivity contribution in [2.75, 3.05) is 26.3 Å². The number of amides is 2. The van der Waals surface area contributed by atoms with Gasteiger partial charge in [0.1, 0.15) is 5.76 Å². The van der Waals surface area contributed by atoms with Crippen LogP contribution in [0.2, 0.25) is 0 Å². The number of aromatic nitrogens is 1. The van der Waals surface area contributed by atoms with E-state index in [0.717, 1.165) is 36.8 Å². The van der Waals surface area contributed by atoms with Crippen molar-refractivity contribution in [2.24, 2.45) is 0 Å². The number of carbonyl (C=O) groups excluding carboxylic acids is 1. The molecule has 0 aromatic carbocycles. The number of morpholine rings is 1. The van der Waals surface area contributed by atoms with Crippen molar-refractivity contribution < 1.29 is 14.1 Å².